The average molecular weight is 196 g/mol. The molecule has 0 fully saturated rings. The van der Waals surface area contributed by atoms with E-state index in [0.717, 1.165) is 12.8 Å². The third-order valence-electron chi connectivity index (χ3n) is 1.73. The van der Waals surface area contributed by atoms with Gasteiger partial charge in [-0.2, -0.15) is 4.98 Å². The van der Waals surface area contributed by atoms with Crippen LogP contribution in [0, 0.1) is 6.92 Å². The summed E-state index contributed by atoms with van der Waals surface area (Å²) >= 11 is 0. The van der Waals surface area contributed by atoms with Crippen LogP contribution in [0.5, 0.6) is 0 Å². The maximum Gasteiger partial charge on any atom is 0.223 e. The van der Waals surface area contributed by atoms with Crippen LogP contribution in [-0.2, 0) is 6.42 Å². The Hall–Kier alpha value is -1.39. The molecule has 2 N–H and O–H groups in total. The molecule has 1 heterocycles. The van der Waals surface area contributed by atoms with Gasteiger partial charge in [0.25, 0.3) is 0 Å². The molecule has 0 bridgehead atoms. The first-order chi connectivity index (χ1) is 6.72. The van der Waals surface area contributed by atoms with Gasteiger partial charge in [-0.05, 0) is 6.42 Å². The smallest absolute Gasteiger partial charge is 0.223 e. The molecule has 14 heavy (non-hydrogen) atoms. The van der Waals surface area contributed by atoms with Crippen LogP contribution in [0.1, 0.15) is 31.5 Å². The van der Waals surface area contributed by atoms with Crippen molar-refractivity contribution in [2.45, 2.75) is 33.1 Å². The zero-order valence-electron chi connectivity index (χ0n) is 8.66. The average Bonchev–Trinajstić information content (AvgIpc) is 2.52. The zero-order chi connectivity index (χ0) is 10.4. The Labute approximate surface area is 83.4 Å². The molecule has 1 aromatic rings. The lowest BCUT2D eigenvalue weighted by Gasteiger charge is -1.96. The van der Waals surface area contributed by atoms with Gasteiger partial charge in [-0.3, -0.25) is 4.99 Å². The predicted molar refractivity (Wildman–Crippen MR) is 54.1 cm³/mol. The molecular formula is C9H16N4O. The third kappa shape index (κ3) is 3.55. The van der Waals surface area contributed by atoms with Crippen LogP contribution in [0.3, 0.4) is 0 Å². The van der Waals surface area contributed by atoms with E-state index in [1.807, 2.05) is 0 Å². The molecule has 0 aliphatic carbocycles. The van der Waals surface area contributed by atoms with Crippen LogP contribution in [0.25, 0.3) is 0 Å². The molecule has 1 rings (SSSR count). The van der Waals surface area contributed by atoms with Gasteiger partial charge < -0.3 is 10.3 Å². The molecule has 5 heteroatoms. The quantitative estimate of drug-likeness (QED) is 0.564. The van der Waals surface area contributed by atoms with Crippen molar-refractivity contribution in [1.29, 1.82) is 0 Å². The molecule has 0 saturated heterocycles. The van der Waals surface area contributed by atoms with Crippen LogP contribution in [0.2, 0.25) is 0 Å². The van der Waals surface area contributed by atoms with Crippen molar-refractivity contribution < 1.29 is 4.52 Å². The Bertz CT molecular complexity index is 306. The van der Waals surface area contributed by atoms with Crippen LogP contribution < -0.4 is 5.73 Å². The maximum atomic E-state index is 5.64. The highest BCUT2D eigenvalue weighted by molar-refractivity contribution is 5.80. The Morgan fingerprint density at radius 1 is 1.57 bits per heavy atom. The van der Waals surface area contributed by atoms with Crippen LogP contribution in [0.4, 0.5) is 0 Å². The zero-order valence-corrected chi connectivity index (χ0v) is 8.66. The Morgan fingerprint density at radius 2 is 2.36 bits per heavy atom. The Kier molecular flexibility index (Phi) is 4.10. The van der Waals surface area contributed by atoms with E-state index in [9.17, 15) is 0 Å². The maximum absolute atomic E-state index is 5.64. The van der Waals surface area contributed by atoms with Gasteiger partial charge in [0.2, 0.25) is 5.89 Å². The molecule has 0 unspecified atom stereocenters. The van der Waals surface area contributed by atoms with Crippen molar-refractivity contribution in [2.75, 3.05) is 6.54 Å². The van der Waals surface area contributed by atoms with Crippen molar-refractivity contribution in [3.8, 4) is 0 Å². The first kappa shape index (κ1) is 10.7. The molecule has 0 aliphatic heterocycles. The molecule has 78 valence electrons. The van der Waals surface area contributed by atoms with E-state index in [0.29, 0.717) is 30.5 Å². The number of nitrogens with zero attached hydrogens (tertiary/aromatic N) is 3. The summed E-state index contributed by atoms with van der Waals surface area (Å²) in [6.07, 6.45) is 2.56. The van der Waals surface area contributed by atoms with E-state index in [-0.39, 0.29) is 0 Å². The SMILES string of the molecule is CCCC(N)=NCCc1noc(C)n1. The lowest BCUT2D eigenvalue weighted by atomic mass is 10.3. The molecular weight excluding hydrogens is 180 g/mol. The van der Waals surface area contributed by atoms with Gasteiger partial charge in [-0.25, -0.2) is 0 Å². The lowest BCUT2D eigenvalue weighted by molar-refractivity contribution is 0.387. The van der Waals surface area contributed by atoms with Crippen molar-refractivity contribution in [2.24, 2.45) is 10.7 Å². The summed E-state index contributed by atoms with van der Waals surface area (Å²) in [7, 11) is 0. The van der Waals surface area contributed by atoms with Crippen molar-refractivity contribution >= 4 is 5.84 Å². The number of amidine groups is 1. The summed E-state index contributed by atoms with van der Waals surface area (Å²) in [5.74, 6) is 1.98. The molecule has 0 aliphatic rings. The number of hydrogen-bond acceptors (Lipinski definition) is 4. The normalized spacial score (nSPS) is 12.0. The second kappa shape index (κ2) is 5.36. The molecule has 0 aromatic carbocycles. The Morgan fingerprint density at radius 3 is 2.93 bits per heavy atom. The standard InChI is InChI=1S/C9H16N4O/c1-3-4-8(10)11-6-5-9-12-7(2)14-13-9/h3-6H2,1-2H3,(H2,10,11). The Balaban J connectivity index is 2.31. The van der Waals surface area contributed by atoms with E-state index in [1.54, 1.807) is 6.92 Å². The fraction of sp³-hybridized carbons (Fsp3) is 0.667. The lowest BCUT2D eigenvalue weighted by Crippen LogP contribution is -2.12. The predicted octanol–water partition coefficient (Wildman–Crippen LogP) is 1.08. The van der Waals surface area contributed by atoms with E-state index in [1.165, 1.54) is 0 Å². The molecule has 0 saturated carbocycles. The van der Waals surface area contributed by atoms with Crippen LogP contribution in [-0.4, -0.2) is 22.5 Å². The van der Waals surface area contributed by atoms with Crippen LogP contribution in [0.15, 0.2) is 9.52 Å². The monoisotopic (exact) mass is 196 g/mol. The summed E-state index contributed by atoms with van der Waals surface area (Å²) in [6, 6.07) is 0. The number of aromatic nitrogens is 2. The summed E-state index contributed by atoms with van der Waals surface area (Å²) in [5.41, 5.74) is 5.64. The van der Waals surface area contributed by atoms with E-state index in [2.05, 4.69) is 22.1 Å². The summed E-state index contributed by atoms with van der Waals surface area (Å²) < 4.78 is 4.83. The number of aryl methyl sites for hydroxylation is 1. The highest BCUT2D eigenvalue weighted by Crippen LogP contribution is 1.96. The molecule has 1 aromatic heterocycles. The van der Waals surface area contributed by atoms with E-state index in [4.69, 9.17) is 10.3 Å². The molecule has 0 atom stereocenters. The number of nitrogens with two attached hydrogens (primary N) is 1. The first-order valence-electron chi connectivity index (χ1n) is 4.80. The summed E-state index contributed by atoms with van der Waals surface area (Å²) in [4.78, 5) is 8.26. The van der Waals surface area contributed by atoms with Gasteiger partial charge in [0.15, 0.2) is 5.82 Å². The van der Waals surface area contributed by atoms with E-state index < -0.39 is 0 Å². The van der Waals surface area contributed by atoms with Crippen molar-refractivity contribution in [3.63, 3.8) is 0 Å². The minimum atomic E-state index is 0.588. The topological polar surface area (TPSA) is 77.3 Å². The third-order valence-corrected chi connectivity index (χ3v) is 1.73. The minimum Gasteiger partial charge on any atom is -0.387 e. The van der Waals surface area contributed by atoms with Gasteiger partial charge in [0.1, 0.15) is 0 Å². The second-order valence-corrected chi connectivity index (χ2v) is 3.10. The summed E-state index contributed by atoms with van der Waals surface area (Å²) in [5, 5.41) is 3.76. The highest BCUT2D eigenvalue weighted by atomic mass is 16.5. The minimum absolute atomic E-state index is 0.588. The highest BCUT2D eigenvalue weighted by Gasteiger charge is 2.00. The van der Waals surface area contributed by atoms with Gasteiger partial charge in [0.05, 0.1) is 5.84 Å². The summed E-state index contributed by atoms with van der Waals surface area (Å²) in [6.45, 7) is 4.47. The largest absolute Gasteiger partial charge is 0.387 e. The fourth-order valence-electron chi connectivity index (χ4n) is 1.08. The first-order valence-corrected chi connectivity index (χ1v) is 4.80. The van der Waals surface area contributed by atoms with Gasteiger partial charge in [-0.15, -0.1) is 0 Å². The number of aliphatic imine (C=N–C) groups is 1. The molecule has 0 spiro atoms. The van der Waals surface area contributed by atoms with Gasteiger partial charge in [0, 0.05) is 26.3 Å². The van der Waals surface area contributed by atoms with Crippen molar-refractivity contribution in [3.05, 3.63) is 11.7 Å². The molecule has 0 radical (unpaired) electrons. The molecule has 5 nitrogen and oxygen atoms in total. The number of hydrogen-bond donors (Lipinski definition) is 1. The van der Waals surface area contributed by atoms with Gasteiger partial charge in [-0.1, -0.05) is 12.1 Å². The fourth-order valence-corrected chi connectivity index (χ4v) is 1.08. The van der Waals surface area contributed by atoms with Crippen LogP contribution >= 0.6 is 0 Å². The molecule has 0 amide bonds. The van der Waals surface area contributed by atoms with Crippen molar-refractivity contribution in [1.82, 2.24) is 10.1 Å². The second-order valence-electron chi connectivity index (χ2n) is 3.10. The van der Waals surface area contributed by atoms with E-state index >= 15 is 0 Å². The number of rotatable bonds is 5. The van der Waals surface area contributed by atoms with Gasteiger partial charge >= 0.3 is 0 Å².